The molecule has 1 atom stereocenters. The van der Waals surface area contributed by atoms with Gasteiger partial charge in [0.15, 0.2) is 0 Å². The minimum atomic E-state index is -0.563. The Morgan fingerprint density at radius 2 is 2.15 bits per heavy atom. The minimum absolute atomic E-state index is 0.171. The highest BCUT2D eigenvalue weighted by atomic mass is 16.6. The molecule has 1 aromatic rings. The Bertz CT molecular complexity index is 512. The number of nitrogens with zero attached hydrogens (tertiary/aromatic N) is 1. The van der Waals surface area contributed by atoms with Crippen LogP contribution >= 0.6 is 0 Å². The predicted octanol–water partition coefficient (Wildman–Crippen LogP) is 3.14. The van der Waals surface area contributed by atoms with E-state index in [9.17, 15) is 9.59 Å². The summed E-state index contributed by atoms with van der Waals surface area (Å²) in [7, 11) is 0. The first-order valence-corrected chi connectivity index (χ1v) is 6.70. The molecule has 1 aromatic carbocycles. The Morgan fingerprint density at radius 1 is 1.45 bits per heavy atom. The SMILES string of the molecule is C=CC[C@]1(C)CCN(C(=O)OCc2ccccc2)C1=O. The van der Waals surface area contributed by atoms with Crippen LogP contribution in [0.3, 0.4) is 0 Å². The van der Waals surface area contributed by atoms with Crippen LogP contribution in [0.1, 0.15) is 25.3 Å². The number of imide groups is 1. The van der Waals surface area contributed by atoms with Crippen LogP contribution in [0, 0.1) is 5.41 Å². The van der Waals surface area contributed by atoms with Crippen molar-refractivity contribution in [1.29, 1.82) is 0 Å². The highest BCUT2D eigenvalue weighted by Gasteiger charge is 2.44. The lowest BCUT2D eigenvalue weighted by molar-refractivity contribution is -0.133. The molecule has 1 saturated heterocycles. The van der Waals surface area contributed by atoms with Gasteiger partial charge in [-0.1, -0.05) is 43.3 Å². The molecule has 0 spiro atoms. The average Bonchev–Trinajstić information content (AvgIpc) is 2.74. The topological polar surface area (TPSA) is 46.6 Å². The summed E-state index contributed by atoms with van der Waals surface area (Å²) >= 11 is 0. The van der Waals surface area contributed by atoms with Crippen LogP contribution in [-0.4, -0.2) is 23.4 Å². The molecule has 0 radical (unpaired) electrons. The fraction of sp³-hybridized carbons (Fsp3) is 0.375. The molecule has 0 saturated carbocycles. The molecule has 0 unspecified atom stereocenters. The predicted molar refractivity (Wildman–Crippen MR) is 75.9 cm³/mol. The molecular formula is C16H19NO3. The Kier molecular flexibility index (Phi) is 4.23. The largest absolute Gasteiger partial charge is 0.444 e. The van der Waals surface area contributed by atoms with E-state index in [-0.39, 0.29) is 12.5 Å². The number of hydrogen-bond donors (Lipinski definition) is 0. The van der Waals surface area contributed by atoms with Gasteiger partial charge in [-0.3, -0.25) is 4.79 Å². The maximum absolute atomic E-state index is 12.2. The van der Waals surface area contributed by atoms with Crippen LogP contribution in [0.5, 0.6) is 0 Å². The van der Waals surface area contributed by atoms with Gasteiger partial charge in [0.05, 0.1) is 5.41 Å². The first-order chi connectivity index (χ1) is 9.57. The maximum Gasteiger partial charge on any atom is 0.416 e. The Morgan fingerprint density at radius 3 is 2.80 bits per heavy atom. The molecule has 0 aromatic heterocycles. The summed E-state index contributed by atoms with van der Waals surface area (Å²) in [5, 5.41) is 0. The van der Waals surface area contributed by atoms with E-state index in [4.69, 9.17) is 4.74 Å². The van der Waals surface area contributed by atoms with E-state index in [1.165, 1.54) is 4.90 Å². The summed E-state index contributed by atoms with van der Waals surface area (Å²) in [6.45, 7) is 6.12. The fourth-order valence-electron chi connectivity index (χ4n) is 2.37. The van der Waals surface area contributed by atoms with E-state index in [1.807, 2.05) is 37.3 Å². The van der Waals surface area contributed by atoms with Gasteiger partial charge in [-0.25, -0.2) is 9.69 Å². The van der Waals surface area contributed by atoms with E-state index in [2.05, 4.69) is 6.58 Å². The van der Waals surface area contributed by atoms with Crippen molar-refractivity contribution in [3.8, 4) is 0 Å². The van der Waals surface area contributed by atoms with Gasteiger partial charge in [-0.05, 0) is 18.4 Å². The average molecular weight is 273 g/mol. The first kappa shape index (κ1) is 14.3. The van der Waals surface area contributed by atoms with Gasteiger partial charge >= 0.3 is 6.09 Å². The lowest BCUT2D eigenvalue weighted by Gasteiger charge is -2.20. The molecular weight excluding hydrogens is 254 g/mol. The number of rotatable bonds is 4. The van der Waals surface area contributed by atoms with Crippen LogP contribution in [-0.2, 0) is 16.1 Å². The molecule has 4 nitrogen and oxygen atoms in total. The number of hydrogen-bond acceptors (Lipinski definition) is 3. The number of ether oxygens (including phenoxy) is 1. The second-order valence-corrected chi connectivity index (χ2v) is 5.30. The van der Waals surface area contributed by atoms with E-state index >= 15 is 0 Å². The fourth-order valence-corrected chi connectivity index (χ4v) is 2.37. The number of amides is 2. The quantitative estimate of drug-likeness (QED) is 0.792. The van der Waals surface area contributed by atoms with Crippen LogP contribution in [0.4, 0.5) is 4.79 Å². The van der Waals surface area contributed by atoms with Crippen molar-refractivity contribution in [3.63, 3.8) is 0 Å². The lowest BCUT2D eigenvalue weighted by Crippen LogP contribution is -2.37. The van der Waals surface area contributed by atoms with E-state index in [0.29, 0.717) is 19.4 Å². The zero-order valence-corrected chi connectivity index (χ0v) is 11.7. The molecule has 1 heterocycles. The van der Waals surface area contributed by atoms with Gasteiger partial charge in [-0.2, -0.15) is 0 Å². The number of carbonyl (C=O) groups is 2. The van der Waals surface area contributed by atoms with Gasteiger partial charge < -0.3 is 4.74 Å². The molecule has 2 amide bonds. The normalized spacial score (nSPS) is 21.9. The van der Waals surface area contributed by atoms with E-state index in [1.54, 1.807) is 6.08 Å². The summed E-state index contributed by atoms with van der Waals surface area (Å²) < 4.78 is 5.19. The van der Waals surface area contributed by atoms with E-state index in [0.717, 1.165) is 5.56 Å². The highest BCUT2D eigenvalue weighted by Crippen LogP contribution is 2.35. The molecule has 1 aliphatic heterocycles. The third-order valence-corrected chi connectivity index (χ3v) is 3.67. The molecule has 1 fully saturated rings. The zero-order chi connectivity index (χ0) is 14.6. The van der Waals surface area contributed by atoms with E-state index < -0.39 is 11.5 Å². The van der Waals surface area contributed by atoms with Crippen molar-refractivity contribution in [2.75, 3.05) is 6.54 Å². The molecule has 0 bridgehead atoms. The molecule has 1 aliphatic rings. The van der Waals surface area contributed by atoms with Crippen LogP contribution in [0.15, 0.2) is 43.0 Å². The summed E-state index contributed by atoms with van der Waals surface area (Å²) in [5.74, 6) is -0.171. The van der Waals surface area contributed by atoms with Crippen LogP contribution in [0.25, 0.3) is 0 Å². The number of carbonyl (C=O) groups excluding carboxylic acids is 2. The molecule has 0 aliphatic carbocycles. The second-order valence-electron chi connectivity index (χ2n) is 5.30. The third kappa shape index (κ3) is 2.90. The zero-order valence-electron chi connectivity index (χ0n) is 11.7. The molecule has 2 rings (SSSR count). The number of benzene rings is 1. The van der Waals surface area contributed by atoms with Crippen molar-refractivity contribution >= 4 is 12.0 Å². The summed E-state index contributed by atoms with van der Waals surface area (Å²) in [4.78, 5) is 25.4. The summed E-state index contributed by atoms with van der Waals surface area (Å²) in [6, 6.07) is 9.41. The Labute approximate surface area is 119 Å². The van der Waals surface area contributed by atoms with Crippen molar-refractivity contribution < 1.29 is 14.3 Å². The second kappa shape index (κ2) is 5.90. The third-order valence-electron chi connectivity index (χ3n) is 3.67. The van der Waals surface area contributed by atoms with Crippen molar-refractivity contribution in [2.24, 2.45) is 5.41 Å². The standard InChI is InChI=1S/C16H19NO3/c1-3-9-16(2)10-11-17(14(16)18)15(19)20-12-13-7-5-4-6-8-13/h3-8H,1,9-12H2,2H3/t16-/m1/s1. The summed E-state index contributed by atoms with van der Waals surface area (Å²) in [5.41, 5.74) is 0.384. The van der Waals surface area contributed by atoms with Crippen LogP contribution in [0.2, 0.25) is 0 Å². The smallest absolute Gasteiger partial charge is 0.416 e. The maximum atomic E-state index is 12.2. The lowest BCUT2D eigenvalue weighted by atomic mass is 9.85. The van der Waals surface area contributed by atoms with Gasteiger partial charge in [0, 0.05) is 6.54 Å². The highest BCUT2D eigenvalue weighted by molar-refractivity contribution is 5.97. The molecule has 0 N–H and O–H groups in total. The van der Waals surface area contributed by atoms with Crippen molar-refractivity contribution in [2.45, 2.75) is 26.4 Å². The summed E-state index contributed by atoms with van der Waals surface area (Å²) in [6.07, 6.45) is 2.38. The van der Waals surface area contributed by atoms with Crippen LogP contribution < -0.4 is 0 Å². The molecule has 20 heavy (non-hydrogen) atoms. The van der Waals surface area contributed by atoms with Crippen molar-refractivity contribution in [3.05, 3.63) is 48.6 Å². The van der Waals surface area contributed by atoms with Gasteiger partial charge in [-0.15, -0.1) is 6.58 Å². The first-order valence-electron chi connectivity index (χ1n) is 6.70. The Hall–Kier alpha value is -2.10. The molecule has 106 valence electrons. The number of likely N-dealkylation sites (tertiary alicyclic amines) is 1. The van der Waals surface area contributed by atoms with Gasteiger partial charge in [0.2, 0.25) is 5.91 Å². The van der Waals surface area contributed by atoms with Gasteiger partial charge in [0.25, 0.3) is 0 Å². The van der Waals surface area contributed by atoms with Gasteiger partial charge in [0.1, 0.15) is 6.61 Å². The Balaban J connectivity index is 1.94. The van der Waals surface area contributed by atoms with Crippen molar-refractivity contribution in [1.82, 2.24) is 4.90 Å². The molecule has 4 heteroatoms. The number of allylic oxidation sites excluding steroid dienone is 1. The minimum Gasteiger partial charge on any atom is -0.444 e. The monoisotopic (exact) mass is 273 g/mol.